The molecule has 0 atom stereocenters. The molecule has 0 saturated carbocycles. The largest absolute Gasteiger partial charge is 0.497 e. The molecule has 1 aliphatic heterocycles. The predicted octanol–water partition coefficient (Wildman–Crippen LogP) is 2.90. The molecular weight excluding hydrogens is 288 g/mol. The average molecular weight is 302 g/mol. The van der Waals surface area contributed by atoms with Crippen LogP contribution in [0.3, 0.4) is 0 Å². The second-order valence-corrected chi connectivity index (χ2v) is 6.59. The molecule has 0 fully saturated rings. The van der Waals surface area contributed by atoms with Crippen LogP contribution < -0.4 is 9.47 Å². The zero-order chi connectivity index (χ0) is 14.9. The molecule has 0 bridgehead atoms. The highest BCUT2D eigenvalue weighted by Gasteiger charge is 2.29. The summed E-state index contributed by atoms with van der Waals surface area (Å²) in [7, 11) is -1.86. The zero-order valence-corrected chi connectivity index (χ0v) is 12.3. The van der Waals surface area contributed by atoms with E-state index in [4.69, 9.17) is 9.47 Å². The van der Waals surface area contributed by atoms with Gasteiger partial charge >= 0.3 is 0 Å². The Morgan fingerprint density at radius 3 is 2.52 bits per heavy atom. The summed E-state index contributed by atoms with van der Waals surface area (Å²) in [5.74, 6) is 1.24. The molecule has 5 heteroatoms. The van der Waals surface area contributed by atoms with Gasteiger partial charge in [-0.3, -0.25) is 0 Å². The second kappa shape index (κ2) is 5.26. The molecule has 0 aliphatic carbocycles. The lowest BCUT2D eigenvalue weighted by Crippen LogP contribution is -2.09. The van der Waals surface area contributed by atoms with E-state index in [1.54, 1.807) is 55.7 Å². The number of rotatable bonds is 4. The first-order valence-electron chi connectivity index (χ1n) is 6.43. The lowest BCUT2D eigenvalue weighted by atomic mass is 10.2. The minimum Gasteiger partial charge on any atom is -0.497 e. The standard InChI is InChI=1S/C16H14O4S/c1-19-13-6-4-7-14(10-13)20-11-15-9-12-5-2-3-8-16(12)21(15,17)18/h2-10H,11H2,1H3. The lowest BCUT2D eigenvalue weighted by Gasteiger charge is -2.08. The van der Waals surface area contributed by atoms with Crippen LogP contribution in [0, 0.1) is 0 Å². The van der Waals surface area contributed by atoms with E-state index in [1.165, 1.54) is 0 Å². The van der Waals surface area contributed by atoms with Gasteiger partial charge in [0.05, 0.1) is 16.9 Å². The maximum absolute atomic E-state index is 12.4. The van der Waals surface area contributed by atoms with Gasteiger partial charge in [0.2, 0.25) is 9.84 Å². The highest BCUT2D eigenvalue weighted by Crippen LogP contribution is 2.32. The molecule has 1 heterocycles. The molecular formula is C16H14O4S. The summed E-state index contributed by atoms with van der Waals surface area (Å²) in [5, 5.41) is 0. The van der Waals surface area contributed by atoms with E-state index >= 15 is 0 Å². The minimum absolute atomic E-state index is 0.00415. The van der Waals surface area contributed by atoms with E-state index in [0.29, 0.717) is 22.0 Å². The van der Waals surface area contributed by atoms with E-state index in [1.807, 2.05) is 6.07 Å². The Balaban J connectivity index is 1.81. The zero-order valence-electron chi connectivity index (χ0n) is 11.4. The summed E-state index contributed by atoms with van der Waals surface area (Å²) in [6.45, 7) is 0.00415. The Hall–Kier alpha value is -2.27. The van der Waals surface area contributed by atoms with Crippen LogP contribution in [0.1, 0.15) is 5.56 Å². The van der Waals surface area contributed by atoms with Crippen molar-refractivity contribution in [2.45, 2.75) is 4.90 Å². The van der Waals surface area contributed by atoms with Gasteiger partial charge in [0, 0.05) is 6.07 Å². The van der Waals surface area contributed by atoms with Crippen molar-refractivity contribution >= 4 is 15.9 Å². The molecule has 0 saturated heterocycles. The number of ether oxygens (including phenoxy) is 2. The number of methoxy groups -OCH3 is 1. The summed E-state index contributed by atoms with van der Waals surface area (Å²) >= 11 is 0. The first-order chi connectivity index (χ1) is 10.1. The quantitative estimate of drug-likeness (QED) is 0.871. The van der Waals surface area contributed by atoms with Gasteiger partial charge in [0.25, 0.3) is 0 Å². The van der Waals surface area contributed by atoms with Crippen molar-refractivity contribution in [3.05, 3.63) is 59.0 Å². The number of hydrogen-bond acceptors (Lipinski definition) is 4. The Bertz CT molecular complexity index is 807. The maximum atomic E-state index is 12.4. The van der Waals surface area contributed by atoms with Crippen molar-refractivity contribution < 1.29 is 17.9 Å². The Morgan fingerprint density at radius 1 is 1.00 bits per heavy atom. The van der Waals surface area contributed by atoms with Crippen molar-refractivity contribution in [3.8, 4) is 11.5 Å². The van der Waals surface area contributed by atoms with E-state index in [-0.39, 0.29) is 11.5 Å². The number of fused-ring (bicyclic) bond motifs is 1. The van der Waals surface area contributed by atoms with Crippen molar-refractivity contribution in [1.29, 1.82) is 0 Å². The predicted molar refractivity (Wildman–Crippen MR) is 80.1 cm³/mol. The molecule has 21 heavy (non-hydrogen) atoms. The minimum atomic E-state index is -3.43. The molecule has 2 aromatic rings. The topological polar surface area (TPSA) is 52.6 Å². The van der Waals surface area contributed by atoms with Crippen LogP contribution in [-0.2, 0) is 9.84 Å². The summed E-state index contributed by atoms with van der Waals surface area (Å²) in [5.41, 5.74) is 0.710. The molecule has 4 nitrogen and oxygen atoms in total. The second-order valence-electron chi connectivity index (χ2n) is 4.62. The molecule has 3 rings (SSSR count). The van der Waals surface area contributed by atoms with E-state index in [0.717, 1.165) is 0 Å². The van der Waals surface area contributed by atoms with Gasteiger partial charge in [0.15, 0.2) is 0 Å². The van der Waals surface area contributed by atoms with E-state index in [2.05, 4.69) is 0 Å². The van der Waals surface area contributed by atoms with Gasteiger partial charge in [0.1, 0.15) is 18.1 Å². The van der Waals surface area contributed by atoms with Gasteiger partial charge in [-0.2, -0.15) is 0 Å². The monoisotopic (exact) mass is 302 g/mol. The first-order valence-corrected chi connectivity index (χ1v) is 7.91. The molecule has 108 valence electrons. The fourth-order valence-corrected chi connectivity index (χ4v) is 3.68. The maximum Gasteiger partial charge on any atom is 0.206 e. The molecule has 0 N–H and O–H groups in total. The molecule has 0 amide bonds. The fraction of sp³-hybridized carbons (Fsp3) is 0.125. The summed E-state index contributed by atoms with van der Waals surface area (Å²) in [6, 6.07) is 14.0. The molecule has 0 aromatic heterocycles. The summed E-state index contributed by atoms with van der Waals surface area (Å²) in [6.07, 6.45) is 1.66. The van der Waals surface area contributed by atoms with Gasteiger partial charge in [-0.05, 0) is 29.8 Å². The molecule has 0 spiro atoms. The van der Waals surface area contributed by atoms with E-state index in [9.17, 15) is 8.42 Å². The number of benzene rings is 2. The van der Waals surface area contributed by atoms with Crippen molar-refractivity contribution in [1.82, 2.24) is 0 Å². The molecule has 0 unspecified atom stereocenters. The van der Waals surface area contributed by atoms with Gasteiger partial charge in [-0.15, -0.1) is 0 Å². The third-order valence-corrected chi connectivity index (χ3v) is 5.17. The van der Waals surface area contributed by atoms with E-state index < -0.39 is 9.84 Å². The van der Waals surface area contributed by atoms with Crippen LogP contribution in [0.15, 0.2) is 58.3 Å². The fourth-order valence-electron chi connectivity index (χ4n) is 2.20. The Labute approximate surface area is 123 Å². The first kappa shape index (κ1) is 13.7. The van der Waals surface area contributed by atoms with Gasteiger partial charge < -0.3 is 9.47 Å². The third-order valence-electron chi connectivity index (χ3n) is 3.29. The van der Waals surface area contributed by atoms with Crippen LogP contribution in [-0.4, -0.2) is 22.1 Å². The molecule has 1 aliphatic rings. The highest BCUT2D eigenvalue weighted by molar-refractivity contribution is 7.95. The smallest absolute Gasteiger partial charge is 0.206 e. The lowest BCUT2D eigenvalue weighted by molar-refractivity contribution is 0.353. The number of hydrogen-bond donors (Lipinski definition) is 0. The van der Waals surface area contributed by atoms with Crippen LogP contribution in [0.4, 0.5) is 0 Å². The third kappa shape index (κ3) is 2.52. The van der Waals surface area contributed by atoms with Gasteiger partial charge in [-0.25, -0.2) is 8.42 Å². The average Bonchev–Trinajstić information content (AvgIpc) is 2.77. The van der Waals surface area contributed by atoms with Crippen molar-refractivity contribution in [2.75, 3.05) is 13.7 Å². The van der Waals surface area contributed by atoms with Crippen LogP contribution in [0.25, 0.3) is 6.08 Å². The summed E-state index contributed by atoms with van der Waals surface area (Å²) < 4.78 is 35.4. The Kier molecular flexibility index (Phi) is 3.43. The van der Waals surface area contributed by atoms with Crippen LogP contribution >= 0.6 is 0 Å². The summed E-state index contributed by atoms with van der Waals surface area (Å²) in [4.78, 5) is 0.612. The SMILES string of the molecule is COc1cccc(OCC2=Cc3ccccc3S2(=O)=O)c1. The molecule has 0 radical (unpaired) electrons. The Morgan fingerprint density at radius 2 is 1.76 bits per heavy atom. The normalized spacial score (nSPS) is 15.2. The van der Waals surface area contributed by atoms with Crippen LogP contribution in [0.5, 0.6) is 11.5 Å². The number of sulfone groups is 1. The molecule has 2 aromatic carbocycles. The van der Waals surface area contributed by atoms with Gasteiger partial charge in [-0.1, -0.05) is 24.3 Å². The van der Waals surface area contributed by atoms with Crippen molar-refractivity contribution in [3.63, 3.8) is 0 Å². The van der Waals surface area contributed by atoms with Crippen LogP contribution in [0.2, 0.25) is 0 Å². The van der Waals surface area contributed by atoms with Crippen molar-refractivity contribution in [2.24, 2.45) is 0 Å². The highest BCUT2D eigenvalue weighted by atomic mass is 32.2.